The Morgan fingerprint density at radius 2 is 1.83 bits per heavy atom. The topological polar surface area (TPSA) is 75.6 Å². The van der Waals surface area contributed by atoms with Gasteiger partial charge in [0.2, 0.25) is 10.0 Å². The van der Waals surface area contributed by atoms with Gasteiger partial charge in [0.15, 0.2) is 0 Å². The summed E-state index contributed by atoms with van der Waals surface area (Å²) in [5.74, 6) is 0.959. The minimum atomic E-state index is -3.89. The molecule has 0 saturated carbocycles. The summed E-state index contributed by atoms with van der Waals surface area (Å²) in [6, 6.07) is 10.8. The van der Waals surface area contributed by atoms with Crippen LogP contribution in [0.3, 0.4) is 0 Å². The Morgan fingerprint density at radius 3 is 2.60 bits per heavy atom. The second kappa shape index (κ2) is 9.99. The molecular weight excluding hydrogens is 514 g/mol. The molecule has 11 heteroatoms. The number of anilines is 1. The first-order chi connectivity index (χ1) is 16.8. The Bertz CT molecular complexity index is 1370. The molecule has 0 amide bonds. The maximum atomic E-state index is 13.7. The summed E-state index contributed by atoms with van der Waals surface area (Å²) >= 11 is 12.3. The predicted octanol–water partition coefficient (Wildman–Crippen LogP) is 4.10. The minimum absolute atomic E-state index is 0.0216. The first-order valence-electron chi connectivity index (χ1n) is 11.2. The average molecular weight is 537 g/mol. The number of hydrogen-bond donors (Lipinski definition) is 0. The molecule has 0 aliphatic carbocycles. The summed E-state index contributed by atoms with van der Waals surface area (Å²) in [5.41, 5.74) is 2.34. The second-order valence-electron chi connectivity index (χ2n) is 8.46. The molecule has 2 aromatic carbocycles. The van der Waals surface area contributed by atoms with Crippen molar-refractivity contribution in [2.75, 3.05) is 37.7 Å². The zero-order valence-electron chi connectivity index (χ0n) is 18.8. The van der Waals surface area contributed by atoms with Gasteiger partial charge in [0, 0.05) is 49.6 Å². The lowest BCUT2D eigenvalue weighted by atomic mass is 10.1. The molecule has 2 aliphatic heterocycles. The molecule has 0 atom stereocenters. The van der Waals surface area contributed by atoms with E-state index >= 15 is 0 Å². The van der Waals surface area contributed by atoms with Gasteiger partial charge in [-0.2, -0.15) is 4.31 Å². The fourth-order valence-corrected chi connectivity index (χ4v) is 6.53. The molecule has 5 rings (SSSR count). The molecule has 1 fully saturated rings. The van der Waals surface area contributed by atoms with Crippen molar-refractivity contribution in [1.29, 1.82) is 0 Å². The Hall–Kier alpha value is -2.30. The number of hydrogen-bond acceptors (Lipinski definition) is 6. The number of sulfonamides is 1. The van der Waals surface area contributed by atoms with E-state index in [1.165, 1.54) is 28.6 Å². The average Bonchev–Trinajstić information content (AvgIpc) is 2.85. The zero-order chi connectivity index (χ0) is 24.6. The van der Waals surface area contributed by atoms with E-state index in [9.17, 15) is 12.8 Å². The Kier molecular flexibility index (Phi) is 6.96. The predicted molar refractivity (Wildman–Crippen MR) is 132 cm³/mol. The van der Waals surface area contributed by atoms with E-state index in [0.717, 1.165) is 16.8 Å². The van der Waals surface area contributed by atoms with Gasteiger partial charge in [0.1, 0.15) is 22.4 Å². The lowest BCUT2D eigenvalue weighted by Gasteiger charge is -2.34. The summed E-state index contributed by atoms with van der Waals surface area (Å²) in [7, 11) is -3.89. The van der Waals surface area contributed by atoms with E-state index in [-0.39, 0.29) is 28.8 Å². The highest BCUT2D eigenvalue weighted by molar-refractivity contribution is 7.89. The van der Waals surface area contributed by atoms with Crippen molar-refractivity contribution in [3.8, 4) is 0 Å². The van der Waals surface area contributed by atoms with E-state index in [2.05, 4.69) is 4.90 Å². The van der Waals surface area contributed by atoms with Gasteiger partial charge in [0.05, 0.1) is 23.9 Å². The van der Waals surface area contributed by atoms with Crippen LogP contribution in [0.5, 0.6) is 0 Å². The Labute approximate surface area is 213 Å². The second-order valence-corrected chi connectivity index (χ2v) is 11.2. The smallest absolute Gasteiger partial charge is 0.244 e. The molecular formula is C24H23Cl2FN4O3S. The van der Waals surface area contributed by atoms with Crippen LogP contribution < -0.4 is 4.90 Å². The molecule has 3 heterocycles. The zero-order valence-corrected chi connectivity index (χ0v) is 21.1. The lowest BCUT2D eigenvalue weighted by molar-refractivity contribution is 0.122. The molecule has 2 aliphatic rings. The number of benzene rings is 2. The SMILES string of the molecule is O=S(=O)(c1cc(Cl)ccc1Cl)N1CCc2nc(Cc3cccc(F)c3)nc(N3CCOCC3)c2C1. The van der Waals surface area contributed by atoms with E-state index in [0.29, 0.717) is 55.8 Å². The summed E-state index contributed by atoms with van der Waals surface area (Å²) < 4.78 is 47.6. The summed E-state index contributed by atoms with van der Waals surface area (Å²) in [6.45, 7) is 2.74. The van der Waals surface area contributed by atoms with Crippen LogP contribution in [0.15, 0.2) is 47.4 Å². The van der Waals surface area contributed by atoms with E-state index in [1.807, 2.05) is 6.07 Å². The molecule has 0 N–H and O–H groups in total. The molecule has 35 heavy (non-hydrogen) atoms. The number of halogens is 3. The van der Waals surface area contributed by atoms with Crippen LogP contribution in [0, 0.1) is 5.82 Å². The molecule has 0 spiro atoms. The molecule has 0 radical (unpaired) electrons. The van der Waals surface area contributed by atoms with E-state index < -0.39 is 10.0 Å². The molecule has 0 bridgehead atoms. The number of ether oxygens (including phenoxy) is 1. The Morgan fingerprint density at radius 1 is 1.03 bits per heavy atom. The molecule has 1 aromatic heterocycles. The van der Waals surface area contributed by atoms with Gasteiger partial charge >= 0.3 is 0 Å². The number of rotatable bonds is 5. The fourth-order valence-electron chi connectivity index (χ4n) is 4.39. The van der Waals surface area contributed by atoms with Crippen molar-refractivity contribution >= 4 is 39.0 Å². The highest BCUT2D eigenvalue weighted by atomic mass is 35.5. The Balaban J connectivity index is 1.52. The quantitative estimate of drug-likeness (QED) is 0.488. The minimum Gasteiger partial charge on any atom is -0.378 e. The first kappa shape index (κ1) is 24.4. The standard InChI is InChI=1S/C24H23Cl2FN4O3S/c25-17-4-5-20(26)22(14-17)35(32,33)31-7-6-21-19(15-31)24(30-8-10-34-11-9-30)29-23(28-21)13-16-2-1-3-18(27)12-16/h1-5,12,14H,6-11,13,15H2. The summed E-state index contributed by atoms with van der Waals surface area (Å²) in [6.07, 6.45) is 0.797. The van der Waals surface area contributed by atoms with Gasteiger partial charge in [-0.25, -0.2) is 22.8 Å². The largest absolute Gasteiger partial charge is 0.378 e. The molecule has 184 valence electrons. The van der Waals surface area contributed by atoms with Gasteiger partial charge < -0.3 is 9.64 Å². The van der Waals surface area contributed by atoms with Crippen LogP contribution in [0.1, 0.15) is 22.6 Å². The van der Waals surface area contributed by atoms with Crippen molar-refractivity contribution in [2.24, 2.45) is 0 Å². The molecule has 3 aromatic rings. The van der Waals surface area contributed by atoms with Crippen molar-refractivity contribution in [3.05, 3.63) is 81.0 Å². The molecule has 1 saturated heterocycles. The fraction of sp³-hybridized carbons (Fsp3) is 0.333. The van der Waals surface area contributed by atoms with E-state index in [4.69, 9.17) is 37.9 Å². The van der Waals surface area contributed by atoms with Crippen molar-refractivity contribution in [2.45, 2.75) is 24.3 Å². The van der Waals surface area contributed by atoms with Gasteiger partial charge in [-0.15, -0.1) is 0 Å². The number of morpholine rings is 1. The highest BCUT2D eigenvalue weighted by Gasteiger charge is 2.34. The normalized spacial score (nSPS) is 16.8. The maximum absolute atomic E-state index is 13.7. The number of fused-ring (bicyclic) bond motifs is 1. The van der Waals surface area contributed by atoms with Crippen molar-refractivity contribution in [1.82, 2.24) is 14.3 Å². The van der Waals surface area contributed by atoms with Crippen molar-refractivity contribution in [3.63, 3.8) is 0 Å². The maximum Gasteiger partial charge on any atom is 0.244 e. The highest BCUT2D eigenvalue weighted by Crippen LogP contribution is 2.33. The van der Waals surface area contributed by atoms with Crippen LogP contribution in [0.4, 0.5) is 10.2 Å². The monoisotopic (exact) mass is 536 g/mol. The van der Waals surface area contributed by atoms with Crippen LogP contribution in [-0.2, 0) is 34.1 Å². The molecule has 0 unspecified atom stereocenters. The van der Waals surface area contributed by atoms with Gasteiger partial charge in [-0.1, -0.05) is 35.3 Å². The third-order valence-electron chi connectivity index (χ3n) is 6.12. The van der Waals surface area contributed by atoms with E-state index in [1.54, 1.807) is 12.1 Å². The van der Waals surface area contributed by atoms with Crippen LogP contribution in [-0.4, -0.2) is 55.5 Å². The van der Waals surface area contributed by atoms with Crippen LogP contribution in [0.25, 0.3) is 0 Å². The summed E-state index contributed by atoms with van der Waals surface area (Å²) in [5, 5.41) is 0.417. The van der Waals surface area contributed by atoms with Gasteiger partial charge in [0.25, 0.3) is 0 Å². The van der Waals surface area contributed by atoms with Crippen molar-refractivity contribution < 1.29 is 17.5 Å². The third kappa shape index (κ3) is 5.15. The molecule has 7 nitrogen and oxygen atoms in total. The van der Waals surface area contributed by atoms with Gasteiger partial charge in [-0.05, 0) is 35.9 Å². The van der Waals surface area contributed by atoms with Crippen LogP contribution >= 0.6 is 23.2 Å². The number of nitrogens with zero attached hydrogens (tertiary/aromatic N) is 4. The third-order valence-corrected chi connectivity index (χ3v) is 8.68. The summed E-state index contributed by atoms with van der Waals surface area (Å²) in [4.78, 5) is 11.7. The first-order valence-corrected chi connectivity index (χ1v) is 13.4. The van der Waals surface area contributed by atoms with Gasteiger partial charge in [-0.3, -0.25) is 0 Å². The lowest BCUT2D eigenvalue weighted by Crippen LogP contribution is -2.41. The number of aromatic nitrogens is 2. The van der Waals surface area contributed by atoms with Crippen LogP contribution in [0.2, 0.25) is 10.0 Å².